The number of nitrogens with one attached hydrogen (secondary N) is 1. The number of piperidine rings is 1. The highest BCUT2D eigenvalue weighted by Gasteiger charge is 2.42. The second-order valence-corrected chi connectivity index (χ2v) is 7.94. The topological polar surface area (TPSA) is 49.4 Å². The number of rotatable bonds is 2. The Morgan fingerprint density at radius 3 is 2.60 bits per heavy atom. The minimum absolute atomic E-state index is 0.0149. The molecular weight excluding hydrogens is 319 g/mol. The third-order valence-corrected chi connectivity index (χ3v) is 6.99. The van der Waals surface area contributed by atoms with Gasteiger partial charge in [0.1, 0.15) is 4.90 Å². The van der Waals surface area contributed by atoms with Crippen LogP contribution in [0.3, 0.4) is 0 Å². The van der Waals surface area contributed by atoms with Crippen LogP contribution in [0.4, 0.5) is 0 Å². The van der Waals surface area contributed by atoms with Crippen molar-refractivity contribution in [3.05, 3.63) is 28.2 Å². The molecule has 110 valence electrons. The molecule has 1 N–H and O–H groups in total. The Balaban J connectivity index is 2.03. The summed E-state index contributed by atoms with van der Waals surface area (Å²) >= 11 is 12.1. The van der Waals surface area contributed by atoms with Crippen molar-refractivity contribution in [2.24, 2.45) is 5.92 Å². The molecule has 0 radical (unpaired) electrons. The standard InChI is InChI=1S/C13H16Cl2N2O2S/c14-10-4-1-5-11(15)13(10)20(18,19)17-6-2-3-9-7-16-8-12(9)17/h1,4-5,9,12,16H,2-3,6-8H2. The van der Waals surface area contributed by atoms with Crippen LogP contribution in [0.25, 0.3) is 0 Å². The second kappa shape index (κ2) is 5.46. The predicted molar refractivity (Wildman–Crippen MR) is 79.7 cm³/mol. The van der Waals surface area contributed by atoms with E-state index in [1.807, 2.05) is 0 Å². The Bertz CT molecular complexity index is 601. The van der Waals surface area contributed by atoms with Crippen LogP contribution in [0.1, 0.15) is 12.8 Å². The lowest BCUT2D eigenvalue weighted by molar-refractivity contribution is 0.217. The zero-order chi connectivity index (χ0) is 14.3. The molecule has 0 aromatic heterocycles. The Morgan fingerprint density at radius 1 is 1.20 bits per heavy atom. The number of nitrogens with zero attached hydrogens (tertiary/aromatic N) is 1. The Morgan fingerprint density at radius 2 is 1.90 bits per heavy atom. The van der Waals surface area contributed by atoms with Gasteiger partial charge in [0, 0.05) is 19.1 Å². The molecule has 0 spiro atoms. The molecule has 0 aliphatic carbocycles. The molecule has 2 heterocycles. The lowest BCUT2D eigenvalue weighted by atomic mass is 9.94. The first-order valence-electron chi connectivity index (χ1n) is 6.68. The van der Waals surface area contributed by atoms with Gasteiger partial charge in [0.15, 0.2) is 0 Å². The van der Waals surface area contributed by atoms with Gasteiger partial charge in [-0.1, -0.05) is 29.3 Å². The van der Waals surface area contributed by atoms with Gasteiger partial charge in [0.05, 0.1) is 10.0 Å². The summed E-state index contributed by atoms with van der Waals surface area (Å²) in [4.78, 5) is 0.0379. The normalized spacial score (nSPS) is 27.5. The van der Waals surface area contributed by atoms with Crippen molar-refractivity contribution >= 4 is 33.2 Å². The molecule has 4 nitrogen and oxygen atoms in total. The number of benzene rings is 1. The molecular formula is C13H16Cl2N2O2S. The van der Waals surface area contributed by atoms with Crippen LogP contribution in [-0.2, 0) is 10.0 Å². The fourth-order valence-corrected chi connectivity index (χ4v) is 5.99. The van der Waals surface area contributed by atoms with Gasteiger partial charge in [-0.25, -0.2) is 8.42 Å². The average molecular weight is 335 g/mol. The summed E-state index contributed by atoms with van der Waals surface area (Å²) in [6.07, 6.45) is 1.95. The second-order valence-electron chi connectivity index (χ2n) is 5.29. The molecule has 2 aliphatic heterocycles. The van der Waals surface area contributed by atoms with Gasteiger partial charge >= 0.3 is 0 Å². The average Bonchev–Trinajstić information content (AvgIpc) is 2.85. The van der Waals surface area contributed by atoms with Crippen molar-refractivity contribution in [1.29, 1.82) is 0 Å². The van der Waals surface area contributed by atoms with Crippen LogP contribution >= 0.6 is 23.2 Å². The van der Waals surface area contributed by atoms with Crippen molar-refractivity contribution in [1.82, 2.24) is 9.62 Å². The number of hydrogen-bond donors (Lipinski definition) is 1. The molecule has 2 saturated heterocycles. The van der Waals surface area contributed by atoms with Crippen LogP contribution in [0.2, 0.25) is 10.0 Å². The van der Waals surface area contributed by atoms with E-state index in [1.54, 1.807) is 22.5 Å². The van der Waals surface area contributed by atoms with Crippen molar-refractivity contribution in [2.75, 3.05) is 19.6 Å². The van der Waals surface area contributed by atoms with Crippen LogP contribution in [-0.4, -0.2) is 38.4 Å². The first kappa shape index (κ1) is 14.6. The number of hydrogen-bond acceptors (Lipinski definition) is 3. The van der Waals surface area contributed by atoms with Gasteiger partial charge < -0.3 is 5.32 Å². The highest BCUT2D eigenvalue weighted by atomic mass is 35.5. The van der Waals surface area contributed by atoms with Crippen molar-refractivity contribution in [3.63, 3.8) is 0 Å². The minimum atomic E-state index is -3.65. The molecule has 2 unspecified atom stereocenters. The van der Waals surface area contributed by atoms with E-state index in [1.165, 1.54) is 0 Å². The van der Waals surface area contributed by atoms with Gasteiger partial charge in [-0.3, -0.25) is 0 Å². The van der Waals surface area contributed by atoms with E-state index >= 15 is 0 Å². The van der Waals surface area contributed by atoms with E-state index < -0.39 is 10.0 Å². The summed E-state index contributed by atoms with van der Waals surface area (Å²) in [7, 11) is -3.65. The molecule has 2 aliphatic rings. The van der Waals surface area contributed by atoms with E-state index in [0.29, 0.717) is 19.0 Å². The zero-order valence-corrected chi connectivity index (χ0v) is 13.2. The van der Waals surface area contributed by atoms with Crippen LogP contribution in [0, 0.1) is 5.92 Å². The highest BCUT2D eigenvalue weighted by Crippen LogP contribution is 2.36. The molecule has 2 atom stereocenters. The molecule has 20 heavy (non-hydrogen) atoms. The Labute approximate surface area is 129 Å². The summed E-state index contributed by atoms with van der Waals surface area (Å²) in [6.45, 7) is 2.12. The summed E-state index contributed by atoms with van der Waals surface area (Å²) in [6, 6.07) is 4.80. The SMILES string of the molecule is O=S(=O)(c1c(Cl)cccc1Cl)N1CCCC2CNCC21. The molecule has 0 amide bonds. The Hall–Kier alpha value is -0.330. The molecule has 0 bridgehead atoms. The Kier molecular flexibility index (Phi) is 3.99. The van der Waals surface area contributed by atoms with E-state index in [-0.39, 0.29) is 21.0 Å². The molecule has 2 fully saturated rings. The van der Waals surface area contributed by atoms with Crippen LogP contribution < -0.4 is 5.32 Å². The largest absolute Gasteiger partial charge is 0.315 e. The smallest absolute Gasteiger partial charge is 0.246 e. The summed E-state index contributed by atoms with van der Waals surface area (Å²) in [5.74, 6) is 0.389. The molecule has 7 heteroatoms. The van der Waals surface area contributed by atoms with Crippen molar-refractivity contribution in [3.8, 4) is 0 Å². The fraction of sp³-hybridized carbons (Fsp3) is 0.538. The number of halogens is 2. The maximum Gasteiger partial charge on any atom is 0.246 e. The summed E-state index contributed by atoms with van der Waals surface area (Å²) < 4.78 is 27.4. The fourth-order valence-electron chi connectivity index (χ4n) is 3.17. The molecule has 0 saturated carbocycles. The van der Waals surface area contributed by atoms with E-state index in [4.69, 9.17) is 23.2 Å². The highest BCUT2D eigenvalue weighted by molar-refractivity contribution is 7.89. The first-order valence-corrected chi connectivity index (χ1v) is 8.88. The van der Waals surface area contributed by atoms with E-state index in [9.17, 15) is 8.42 Å². The van der Waals surface area contributed by atoms with Crippen LogP contribution in [0.5, 0.6) is 0 Å². The number of sulfonamides is 1. The minimum Gasteiger partial charge on any atom is -0.315 e. The van der Waals surface area contributed by atoms with Gasteiger partial charge in [-0.2, -0.15) is 4.31 Å². The monoisotopic (exact) mass is 334 g/mol. The van der Waals surface area contributed by atoms with Gasteiger partial charge in [0.2, 0.25) is 10.0 Å². The first-order chi connectivity index (χ1) is 9.51. The maximum atomic E-state index is 12.9. The summed E-state index contributed by atoms with van der Waals surface area (Å²) in [5, 5.41) is 3.65. The lowest BCUT2D eigenvalue weighted by Crippen LogP contribution is -2.48. The summed E-state index contributed by atoms with van der Waals surface area (Å²) in [5.41, 5.74) is 0. The van der Waals surface area contributed by atoms with Crippen molar-refractivity contribution < 1.29 is 8.42 Å². The lowest BCUT2D eigenvalue weighted by Gasteiger charge is -2.36. The number of fused-ring (bicyclic) bond motifs is 1. The predicted octanol–water partition coefficient (Wildman–Crippen LogP) is 2.37. The van der Waals surface area contributed by atoms with Gasteiger partial charge in [-0.15, -0.1) is 0 Å². The van der Waals surface area contributed by atoms with E-state index in [2.05, 4.69) is 5.32 Å². The zero-order valence-electron chi connectivity index (χ0n) is 10.9. The van der Waals surface area contributed by atoms with Gasteiger partial charge in [0.25, 0.3) is 0 Å². The molecule has 1 aromatic rings. The van der Waals surface area contributed by atoms with Crippen LogP contribution in [0.15, 0.2) is 23.1 Å². The third-order valence-electron chi connectivity index (χ3n) is 4.11. The maximum absolute atomic E-state index is 12.9. The third kappa shape index (κ3) is 2.35. The molecule has 1 aromatic carbocycles. The van der Waals surface area contributed by atoms with E-state index in [0.717, 1.165) is 19.4 Å². The quantitative estimate of drug-likeness (QED) is 0.903. The molecule has 3 rings (SSSR count). The van der Waals surface area contributed by atoms with Crippen molar-refractivity contribution in [2.45, 2.75) is 23.8 Å². The van der Waals surface area contributed by atoms with Gasteiger partial charge in [-0.05, 0) is 37.4 Å².